The second kappa shape index (κ2) is 3.78. The highest BCUT2D eigenvalue weighted by Crippen LogP contribution is 2.43. The summed E-state index contributed by atoms with van der Waals surface area (Å²) in [7, 11) is 0. The molecule has 0 aliphatic heterocycles. The molecular formula is C10H9BrN4S. The number of nitrogens with two attached hydrogens (primary N) is 1. The third-order valence-electron chi connectivity index (χ3n) is 2.53. The quantitative estimate of drug-likeness (QED) is 0.925. The summed E-state index contributed by atoms with van der Waals surface area (Å²) >= 11 is 4.98. The van der Waals surface area contributed by atoms with Crippen LogP contribution in [-0.4, -0.2) is 15.0 Å². The zero-order chi connectivity index (χ0) is 11.1. The van der Waals surface area contributed by atoms with Gasteiger partial charge in [0.05, 0.1) is 15.7 Å². The van der Waals surface area contributed by atoms with E-state index < -0.39 is 0 Å². The average molecular weight is 297 g/mol. The Kier molecular flexibility index (Phi) is 2.40. The first-order chi connectivity index (χ1) is 7.75. The first kappa shape index (κ1) is 10.2. The van der Waals surface area contributed by atoms with Gasteiger partial charge in [-0.15, -0.1) is 11.3 Å². The van der Waals surface area contributed by atoms with Gasteiger partial charge in [0.2, 0.25) is 0 Å². The van der Waals surface area contributed by atoms with Crippen molar-refractivity contribution in [2.24, 2.45) is 0 Å². The molecule has 1 saturated carbocycles. The lowest BCUT2D eigenvalue weighted by Crippen LogP contribution is -2.02. The lowest BCUT2D eigenvalue weighted by Gasteiger charge is -2.06. The van der Waals surface area contributed by atoms with E-state index in [1.54, 1.807) is 5.51 Å². The standard InChI is InChI=1S/C10H9BrN4S/c11-7-8(5-1-2-5)14-10(15-9(7)12)6-3-16-4-13-6/h3-5H,1-2H2,(H2,12,14,15). The molecule has 0 atom stereocenters. The van der Waals surface area contributed by atoms with Gasteiger partial charge in [-0.25, -0.2) is 15.0 Å². The van der Waals surface area contributed by atoms with Crippen LogP contribution in [0.25, 0.3) is 11.5 Å². The summed E-state index contributed by atoms with van der Waals surface area (Å²) < 4.78 is 0.842. The van der Waals surface area contributed by atoms with Gasteiger partial charge in [-0.3, -0.25) is 0 Å². The van der Waals surface area contributed by atoms with Crippen LogP contribution in [0.1, 0.15) is 24.5 Å². The average Bonchev–Trinajstić information content (AvgIpc) is 2.96. The minimum Gasteiger partial charge on any atom is -0.383 e. The summed E-state index contributed by atoms with van der Waals surface area (Å²) in [4.78, 5) is 13.0. The Morgan fingerprint density at radius 1 is 1.38 bits per heavy atom. The molecule has 0 bridgehead atoms. The van der Waals surface area contributed by atoms with Crippen LogP contribution in [0.4, 0.5) is 5.82 Å². The van der Waals surface area contributed by atoms with Gasteiger partial charge >= 0.3 is 0 Å². The number of hydrogen-bond donors (Lipinski definition) is 1. The SMILES string of the molecule is Nc1nc(-c2cscn2)nc(C2CC2)c1Br. The summed E-state index contributed by atoms with van der Waals surface area (Å²) in [6.45, 7) is 0. The van der Waals surface area contributed by atoms with E-state index in [-0.39, 0.29) is 0 Å². The van der Waals surface area contributed by atoms with E-state index in [1.807, 2.05) is 5.38 Å². The van der Waals surface area contributed by atoms with E-state index in [9.17, 15) is 0 Å². The molecule has 1 aliphatic rings. The zero-order valence-corrected chi connectivity index (χ0v) is 10.8. The molecular weight excluding hydrogens is 288 g/mol. The topological polar surface area (TPSA) is 64.7 Å². The van der Waals surface area contributed by atoms with Crippen molar-refractivity contribution in [3.63, 3.8) is 0 Å². The van der Waals surface area contributed by atoms with E-state index in [0.717, 1.165) is 15.9 Å². The molecule has 3 rings (SSSR count). The van der Waals surface area contributed by atoms with Crippen LogP contribution < -0.4 is 5.73 Å². The first-order valence-corrected chi connectivity index (χ1v) is 6.70. The maximum Gasteiger partial charge on any atom is 0.181 e. The van der Waals surface area contributed by atoms with Gasteiger partial charge in [0.1, 0.15) is 11.5 Å². The van der Waals surface area contributed by atoms with E-state index in [1.165, 1.54) is 24.2 Å². The highest BCUT2D eigenvalue weighted by atomic mass is 79.9. The summed E-state index contributed by atoms with van der Waals surface area (Å²) in [5.41, 5.74) is 9.46. The third kappa shape index (κ3) is 1.72. The normalized spacial score (nSPS) is 15.3. The number of nitrogen functional groups attached to an aromatic ring is 1. The Morgan fingerprint density at radius 3 is 2.81 bits per heavy atom. The second-order valence-electron chi connectivity index (χ2n) is 3.78. The Balaban J connectivity index is 2.13. The van der Waals surface area contributed by atoms with E-state index >= 15 is 0 Å². The minimum absolute atomic E-state index is 0.500. The van der Waals surface area contributed by atoms with Gasteiger partial charge in [-0.05, 0) is 28.8 Å². The van der Waals surface area contributed by atoms with Crippen molar-refractivity contribution in [1.29, 1.82) is 0 Å². The number of aromatic nitrogens is 3. The first-order valence-electron chi connectivity index (χ1n) is 4.97. The van der Waals surface area contributed by atoms with Crippen LogP contribution in [0.5, 0.6) is 0 Å². The molecule has 2 aromatic heterocycles. The fourth-order valence-corrected chi connectivity index (χ4v) is 2.58. The predicted molar refractivity (Wildman–Crippen MR) is 67.2 cm³/mol. The Hall–Kier alpha value is -1.01. The lowest BCUT2D eigenvalue weighted by molar-refractivity contribution is 0.980. The van der Waals surface area contributed by atoms with Gasteiger partial charge in [0.15, 0.2) is 5.82 Å². The fraction of sp³-hybridized carbons (Fsp3) is 0.300. The molecule has 2 N–H and O–H groups in total. The number of anilines is 1. The van der Waals surface area contributed by atoms with Gasteiger partial charge in [-0.2, -0.15) is 0 Å². The molecule has 2 heterocycles. The van der Waals surface area contributed by atoms with Crippen LogP contribution in [-0.2, 0) is 0 Å². The molecule has 0 radical (unpaired) electrons. The van der Waals surface area contributed by atoms with Crippen molar-refractivity contribution in [2.45, 2.75) is 18.8 Å². The van der Waals surface area contributed by atoms with Gasteiger partial charge in [-0.1, -0.05) is 0 Å². The van der Waals surface area contributed by atoms with Crippen LogP contribution in [0.15, 0.2) is 15.4 Å². The molecule has 16 heavy (non-hydrogen) atoms. The van der Waals surface area contributed by atoms with E-state index in [2.05, 4.69) is 30.9 Å². The molecule has 0 aromatic carbocycles. The molecule has 0 spiro atoms. The Labute approximate surface area is 105 Å². The lowest BCUT2D eigenvalue weighted by atomic mass is 10.2. The van der Waals surface area contributed by atoms with Gasteiger partial charge in [0, 0.05) is 11.3 Å². The van der Waals surface area contributed by atoms with Crippen LogP contribution in [0.2, 0.25) is 0 Å². The fourth-order valence-electron chi connectivity index (χ4n) is 1.55. The maximum absolute atomic E-state index is 5.87. The van der Waals surface area contributed by atoms with Crippen molar-refractivity contribution < 1.29 is 0 Å². The molecule has 6 heteroatoms. The highest BCUT2D eigenvalue weighted by molar-refractivity contribution is 9.10. The second-order valence-corrected chi connectivity index (χ2v) is 5.29. The van der Waals surface area contributed by atoms with Crippen LogP contribution in [0, 0.1) is 0 Å². The summed E-state index contributed by atoms with van der Waals surface area (Å²) in [6.07, 6.45) is 2.37. The van der Waals surface area contributed by atoms with E-state index in [4.69, 9.17) is 5.73 Å². The third-order valence-corrected chi connectivity index (χ3v) is 3.93. The van der Waals surface area contributed by atoms with Crippen molar-refractivity contribution in [1.82, 2.24) is 15.0 Å². The van der Waals surface area contributed by atoms with Crippen LogP contribution >= 0.6 is 27.3 Å². The predicted octanol–water partition coefficient (Wildman–Crippen LogP) is 2.82. The highest BCUT2D eigenvalue weighted by Gasteiger charge is 2.29. The van der Waals surface area contributed by atoms with Crippen molar-refractivity contribution >= 4 is 33.1 Å². The summed E-state index contributed by atoms with van der Waals surface area (Å²) in [6, 6.07) is 0. The number of nitrogens with zero attached hydrogens (tertiary/aromatic N) is 3. The maximum atomic E-state index is 5.87. The largest absolute Gasteiger partial charge is 0.383 e. The zero-order valence-electron chi connectivity index (χ0n) is 8.35. The molecule has 0 amide bonds. The van der Waals surface area contributed by atoms with Gasteiger partial charge in [0.25, 0.3) is 0 Å². The van der Waals surface area contributed by atoms with Crippen LogP contribution in [0.3, 0.4) is 0 Å². The number of halogens is 1. The Morgan fingerprint density at radius 2 is 2.19 bits per heavy atom. The molecule has 0 unspecified atom stereocenters. The summed E-state index contributed by atoms with van der Waals surface area (Å²) in [5, 5.41) is 1.93. The monoisotopic (exact) mass is 296 g/mol. The number of rotatable bonds is 2. The molecule has 0 saturated heterocycles. The number of thiazole rings is 1. The molecule has 2 aromatic rings. The molecule has 1 aliphatic carbocycles. The van der Waals surface area contributed by atoms with Crippen molar-refractivity contribution in [3.8, 4) is 11.5 Å². The van der Waals surface area contributed by atoms with E-state index in [0.29, 0.717) is 17.6 Å². The smallest absolute Gasteiger partial charge is 0.181 e. The molecule has 82 valence electrons. The van der Waals surface area contributed by atoms with Gasteiger partial charge < -0.3 is 5.73 Å². The summed E-state index contributed by atoms with van der Waals surface area (Å²) in [5.74, 6) is 1.67. The molecule has 4 nitrogen and oxygen atoms in total. The van der Waals surface area contributed by atoms with Crippen molar-refractivity contribution in [2.75, 3.05) is 5.73 Å². The minimum atomic E-state index is 0.500. The Bertz CT molecular complexity index is 522. The van der Waals surface area contributed by atoms with Crippen molar-refractivity contribution in [3.05, 3.63) is 21.1 Å². The molecule has 1 fully saturated rings. The number of hydrogen-bond acceptors (Lipinski definition) is 5.